The summed E-state index contributed by atoms with van der Waals surface area (Å²) in [6.07, 6.45) is 6.30. The summed E-state index contributed by atoms with van der Waals surface area (Å²) in [4.78, 5) is 6.89. The van der Waals surface area contributed by atoms with Gasteiger partial charge < -0.3 is 10.2 Å². The first-order valence-corrected chi connectivity index (χ1v) is 8.99. The monoisotopic (exact) mass is 325 g/mol. The summed E-state index contributed by atoms with van der Waals surface area (Å²) < 4.78 is 0. The van der Waals surface area contributed by atoms with Crippen molar-refractivity contribution in [1.29, 1.82) is 0 Å². The summed E-state index contributed by atoms with van der Waals surface area (Å²) in [6, 6.07) is 11.2. The minimum absolute atomic E-state index is 0.395. The Labute approximate surface area is 144 Å². The van der Waals surface area contributed by atoms with E-state index in [-0.39, 0.29) is 0 Å². The fourth-order valence-electron chi connectivity index (χ4n) is 3.14. The van der Waals surface area contributed by atoms with E-state index >= 15 is 0 Å². The molecule has 0 amide bonds. The van der Waals surface area contributed by atoms with E-state index in [1.807, 2.05) is 0 Å². The summed E-state index contributed by atoms with van der Waals surface area (Å²) >= 11 is 0. The van der Waals surface area contributed by atoms with E-state index < -0.39 is 0 Å². The Kier molecular flexibility index (Phi) is 5.62. The van der Waals surface area contributed by atoms with E-state index in [1.54, 1.807) is 6.20 Å². The molecule has 0 saturated carbocycles. The molecular weight excluding hydrogens is 298 g/mol. The van der Waals surface area contributed by atoms with Gasteiger partial charge in [0.1, 0.15) is 0 Å². The van der Waals surface area contributed by atoms with Crippen LogP contribution in [0, 0.1) is 5.92 Å². The van der Waals surface area contributed by atoms with Gasteiger partial charge in [-0.3, -0.25) is 0 Å². The topological polar surface area (TPSA) is 53.9 Å². The van der Waals surface area contributed by atoms with E-state index in [4.69, 9.17) is 0 Å². The molecule has 1 atom stereocenters. The van der Waals surface area contributed by atoms with E-state index in [2.05, 4.69) is 69.6 Å². The third-order valence-electron chi connectivity index (χ3n) is 4.82. The number of hydrogen-bond acceptors (Lipinski definition) is 5. The number of benzene rings is 1. The van der Waals surface area contributed by atoms with Crippen molar-refractivity contribution in [3.63, 3.8) is 0 Å². The molecule has 5 heteroatoms. The molecule has 2 heterocycles. The molecule has 0 bridgehead atoms. The molecule has 1 saturated heterocycles. The molecule has 2 aromatic rings. The summed E-state index contributed by atoms with van der Waals surface area (Å²) in [7, 11) is 0. The summed E-state index contributed by atoms with van der Waals surface area (Å²) in [5.41, 5.74) is 1.44. The highest BCUT2D eigenvalue weighted by molar-refractivity contribution is 5.39. The Bertz CT molecular complexity index is 623. The molecular formula is C19H27N5. The van der Waals surface area contributed by atoms with Crippen LogP contribution in [0.3, 0.4) is 0 Å². The lowest BCUT2D eigenvalue weighted by atomic mass is 9.90. The van der Waals surface area contributed by atoms with Crippen molar-refractivity contribution in [3.05, 3.63) is 42.1 Å². The van der Waals surface area contributed by atoms with E-state index in [9.17, 15) is 0 Å². The van der Waals surface area contributed by atoms with Gasteiger partial charge in [0.2, 0.25) is 5.95 Å². The molecule has 24 heavy (non-hydrogen) atoms. The Morgan fingerprint density at radius 1 is 1.21 bits per heavy atom. The number of hydrogen-bond donors (Lipinski definition) is 1. The van der Waals surface area contributed by atoms with Crippen LogP contribution in [-0.2, 0) is 6.42 Å². The molecule has 128 valence electrons. The number of aromatic nitrogens is 3. The molecule has 1 aliphatic heterocycles. The maximum atomic E-state index is 4.63. The molecule has 1 aromatic heterocycles. The van der Waals surface area contributed by atoms with Crippen LogP contribution in [0.5, 0.6) is 0 Å². The van der Waals surface area contributed by atoms with Gasteiger partial charge in [-0.1, -0.05) is 37.3 Å². The summed E-state index contributed by atoms with van der Waals surface area (Å²) in [6.45, 7) is 6.32. The molecule has 0 radical (unpaired) electrons. The Balaban J connectivity index is 1.55. The van der Waals surface area contributed by atoms with Crippen LogP contribution in [-0.4, -0.2) is 34.3 Å². The van der Waals surface area contributed by atoms with Gasteiger partial charge in [-0.25, -0.2) is 0 Å². The standard InChI is InChI=1S/C19H27N5/c1-3-15(2)21-18-14-20-23-19(22-18)24-11-9-17(10-12-24)13-16-7-5-4-6-8-16/h4-8,14-15,17H,3,9-13H2,1-2H3,(H,21,22,23). The molecule has 1 aliphatic rings. The molecule has 3 rings (SSSR count). The zero-order valence-corrected chi connectivity index (χ0v) is 14.7. The van der Waals surface area contributed by atoms with Crippen molar-refractivity contribution in [2.45, 2.75) is 45.6 Å². The normalized spacial score (nSPS) is 16.8. The first-order chi connectivity index (χ1) is 11.7. The highest BCUT2D eigenvalue weighted by Crippen LogP contribution is 2.24. The van der Waals surface area contributed by atoms with Crippen LogP contribution in [0.15, 0.2) is 36.5 Å². The Hall–Kier alpha value is -2.17. The molecule has 1 N–H and O–H groups in total. The van der Waals surface area contributed by atoms with Gasteiger partial charge in [-0.2, -0.15) is 10.1 Å². The minimum atomic E-state index is 0.395. The van der Waals surface area contributed by atoms with Crippen molar-refractivity contribution >= 4 is 11.8 Å². The predicted octanol–water partition coefficient (Wildman–Crippen LogP) is 3.54. The van der Waals surface area contributed by atoms with Gasteiger partial charge in [-0.05, 0) is 44.1 Å². The average Bonchev–Trinajstić information content (AvgIpc) is 2.63. The smallest absolute Gasteiger partial charge is 0.247 e. The Morgan fingerprint density at radius 3 is 2.67 bits per heavy atom. The maximum Gasteiger partial charge on any atom is 0.247 e. The van der Waals surface area contributed by atoms with E-state index in [0.29, 0.717) is 6.04 Å². The van der Waals surface area contributed by atoms with Gasteiger partial charge in [0.05, 0.1) is 6.20 Å². The molecule has 1 unspecified atom stereocenters. The lowest BCUT2D eigenvalue weighted by Gasteiger charge is -2.32. The third-order valence-corrected chi connectivity index (χ3v) is 4.82. The number of anilines is 2. The molecule has 0 spiro atoms. The summed E-state index contributed by atoms with van der Waals surface area (Å²) in [5, 5.41) is 11.7. The highest BCUT2D eigenvalue weighted by Gasteiger charge is 2.21. The SMILES string of the molecule is CCC(C)Nc1cnnc(N2CCC(Cc3ccccc3)CC2)n1. The van der Waals surface area contributed by atoms with Crippen molar-refractivity contribution in [2.75, 3.05) is 23.3 Å². The predicted molar refractivity (Wildman–Crippen MR) is 98.3 cm³/mol. The summed E-state index contributed by atoms with van der Waals surface area (Å²) in [5.74, 6) is 2.32. The average molecular weight is 325 g/mol. The zero-order chi connectivity index (χ0) is 16.8. The second-order valence-corrected chi connectivity index (χ2v) is 6.72. The van der Waals surface area contributed by atoms with Crippen LogP contribution in [0.25, 0.3) is 0 Å². The van der Waals surface area contributed by atoms with Crippen LogP contribution >= 0.6 is 0 Å². The second kappa shape index (κ2) is 8.08. The van der Waals surface area contributed by atoms with Gasteiger partial charge in [-0.15, -0.1) is 5.10 Å². The molecule has 5 nitrogen and oxygen atoms in total. The van der Waals surface area contributed by atoms with Crippen LogP contribution < -0.4 is 10.2 Å². The first-order valence-electron chi connectivity index (χ1n) is 8.99. The van der Waals surface area contributed by atoms with Gasteiger partial charge in [0.25, 0.3) is 0 Å². The van der Waals surface area contributed by atoms with Gasteiger partial charge in [0, 0.05) is 19.1 Å². The molecule has 1 fully saturated rings. The fraction of sp³-hybridized carbons (Fsp3) is 0.526. The highest BCUT2D eigenvalue weighted by atomic mass is 15.3. The quantitative estimate of drug-likeness (QED) is 0.880. The zero-order valence-electron chi connectivity index (χ0n) is 14.7. The minimum Gasteiger partial charge on any atom is -0.366 e. The number of nitrogens with zero attached hydrogens (tertiary/aromatic N) is 4. The van der Waals surface area contributed by atoms with Crippen LogP contribution in [0.4, 0.5) is 11.8 Å². The maximum absolute atomic E-state index is 4.63. The van der Waals surface area contributed by atoms with Crippen molar-refractivity contribution < 1.29 is 0 Å². The van der Waals surface area contributed by atoms with E-state index in [1.165, 1.54) is 24.8 Å². The van der Waals surface area contributed by atoms with Crippen molar-refractivity contribution in [3.8, 4) is 0 Å². The van der Waals surface area contributed by atoms with Gasteiger partial charge in [0.15, 0.2) is 5.82 Å². The Morgan fingerprint density at radius 2 is 1.96 bits per heavy atom. The van der Waals surface area contributed by atoms with Crippen molar-refractivity contribution in [2.24, 2.45) is 5.92 Å². The molecule has 1 aromatic carbocycles. The molecule has 0 aliphatic carbocycles. The first kappa shape index (κ1) is 16.7. The lowest BCUT2D eigenvalue weighted by molar-refractivity contribution is 0.400. The van der Waals surface area contributed by atoms with Crippen LogP contribution in [0.2, 0.25) is 0 Å². The second-order valence-electron chi connectivity index (χ2n) is 6.72. The number of rotatable bonds is 6. The lowest BCUT2D eigenvalue weighted by Crippen LogP contribution is -2.35. The number of nitrogens with one attached hydrogen (secondary N) is 1. The fourth-order valence-corrected chi connectivity index (χ4v) is 3.14. The van der Waals surface area contributed by atoms with Crippen molar-refractivity contribution in [1.82, 2.24) is 15.2 Å². The third kappa shape index (κ3) is 4.43. The van der Waals surface area contributed by atoms with Gasteiger partial charge >= 0.3 is 0 Å². The number of piperidine rings is 1. The van der Waals surface area contributed by atoms with E-state index in [0.717, 1.165) is 37.2 Å². The largest absolute Gasteiger partial charge is 0.366 e. The van der Waals surface area contributed by atoms with Crippen LogP contribution in [0.1, 0.15) is 38.7 Å².